The van der Waals surface area contributed by atoms with E-state index in [1.54, 1.807) is 0 Å². The van der Waals surface area contributed by atoms with Gasteiger partial charge in [-0.05, 0) is 83.4 Å². The van der Waals surface area contributed by atoms with Crippen molar-refractivity contribution in [1.82, 2.24) is 13.7 Å². The topological polar surface area (TPSA) is 14.8 Å². The average molecular weight is 726 g/mol. The fraction of sp³-hybridized carbons (Fsp3) is 0. The lowest BCUT2D eigenvalue weighted by Crippen LogP contribution is -1.98. The number of aromatic nitrogens is 3. The molecule has 9 aromatic carbocycles. The second-order valence-corrected chi connectivity index (χ2v) is 14.9. The lowest BCUT2D eigenvalue weighted by molar-refractivity contribution is 1.17. The molecule has 0 amide bonds. The van der Waals surface area contributed by atoms with Gasteiger partial charge in [0.25, 0.3) is 0 Å². The van der Waals surface area contributed by atoms with Gasteiger partial charge in [0.1, 0.15) is 0 Å². The number of hydrogen-bond donors (Lipinski definition) is 0. The Labute approximate surface area is 329 Å². The van der Waals surface area contributed by atoms with E-state index in [4.69, 9.17) is 0 Å². The van der Waals surface area contributed by atoms with Crippen LogP contribution in [0.3, 0.4) is 0 Å². The molecular formula is C54H35N3. The fourth-order valence-electron chi connectivity index (χ4n) is 9.42. The summed E-state index contributed by atoms with van der Waals surface area (Å²) in [5.74, 6) is 0. The lowest BCUT2D eigenvalue weighted by Gasteiger charge is -2.15. The van der Waals surface area contributed by atoms with Gasteiger partial charge >= 0.3 is 0 Å². The van der Waals surface area contributed by atoms with Gasteiger partial charge in [0.05, 0.1) is 38.8 Å². The van der Waals surface area contributed by atoms with Crippen LogP contribution in [0.5, 0.6) is 0 Å². The van der Waals surface area contributed by atoms with E-state index >= 15 is 0 Å². The molecule has 0 unspecified atom stereocenters. The lowest BCUT2D eigenvalue weighted by atomic mass is 10.0. The van der Waals surface area contributed by atoms with E-state index in [1.165, 1.54) is 87.7 Å². The van der Waals surface area contributed by atoms with Crippen molar-refractivity contribution in [3.63, 3.8) is 0 Å². The van der Waals surface area contributed by atoms with Crippen LogP contribution in [0.25, 0.3) is 105 Å². The summed E-state index contributed by atoms with van der Waals surface area (Å²) in [6, 6.07) is 77.4. The summed E-state index contributed by atoms with van der Waals surface area (Å²) in [5, 5.41) is 7.55. The molecule has 3 aromatic heterocycles. The van der Waals surface area contributed by atoms with Crippen LogP contribution in [0.15, 0.2) is 212 Å². The molecule has 12 rings (SSSR count). The molecule has 0 saturated heterocycles. The van der Waals surface area contributed by atoms with Crippen LogP contribution >= 0.6 is 0 Å². The van der Waals surface area contributed by atoms with Crippen LogP contribution in [0.2, 0.25) is 0 Å². The Kier molecular flexibility index (Phi) is 6.93. The van der Waals surface area contributed by atoms with Gasteiger partial charge in [-0.1, -0.05) is 146 Å². The maximum atomic E-state index is 2.48. The Morgan fingerprint density at radius 3 is 1.49 bits per heavy atom. The molecule has 0 spiro atoms. The van der Waals surface area contributed by atoms with Crippen molar-refractivity contribution in [1.29, 1.82) is 0 Å². The Morgan fingerprint density at radius 2 is 0.754 bits per heavy atom. The van der Waals surface area contributed by atoms with Crippen molar-refractivity contribution in [3.8, 4) is 39.3 Å². The molecule has 3 heterocycles. The van der Waals surface area contributed by atoms with Gasteiger partial charge in [-0.25, -0.2) is 0 Å². The SMILES string of the molecule is c1ccc(-c2cccc(-n3c4ccccc4c4ccc(-c5ccccc5-n5c6ccccc6c6c7c8ccccc8n(-c8ccccc8)c7ccc65)cc43)c2)cc1. The fourth-order valence-corrected chi connectivity index (χ4v) is 9.42. The summed E-state index contributed by atoms with van der Waals surface area (Å²) < 4.78 is 7.33. The number of nitrogens with zero attached hydrogens (tertiary/aromatic N) is 3. The normalized spacial score (nSPS) is 11.9. The maximum Gasteiger partial charge on any atom is 0.0549 e. The summed E-state index contributed by atoms with van der Waals surface area (Å²) >= 11 is 0. The summed E-state index contributed by atoms with van der Waals surface area (Å²) in [5.41, 5.74) is 15.4. The van der Waals surface area contributed by atoms with Gasteiger partial charge in [-0.2, -0.15) is 0 Å². The predicted molar refractivity (Wildman–Crippen MR) is 240 cm³/mol. The molecule has 3 nitrogen and oxygen atoms in total. The molecule has 0 aliphatic rings. The Hall–Kier alpha value is -7.62. The van der Waals surface area contributed by atoms with Crippen molar-refractivity contribution < 1.29 is 0 Å². The monoisotopic (exact) mass is 725 g/mol. The van der Waals surface area contributed by atoms with Crippen LogP contribution < -0.4 is 0 Å². The summed E-state index contributed by atoms with van der Waals surface area (Å²) in [7, 11) is 0. The third-order valence-corrected chi connectivity index (χ3v) is 11.8. The van der Waals surface area contributed by atoms with Crippen molar-refractivity contribution in [2.75, 3.05) is 0 Å². The molecule has 0 atom stereocenters. The highest BCUT2D eigenvalue weighted by atomic mass is 15.0. The Bertz CT molecular complexity index is 3510. The van der Waals surface area contributed by atoms with E-state index in [9.17, 15) is 0 Å². The van der Waals surface area contributed by atoms with Gasteiger partial charge in [-0.15, -0.1) is 0 Å². The molecule has 12 aromatic rings. The van der Waals surface area contributed by atoms with Crippen molar-refractivity contribution in [2.45, 2.75) is 0 Å². The quantitative estimate of drug-likeness (QED) is 0.168. The number of rotatable bonds is 5. The first-order valence-corrected chi connectivity index (χ1v) is 19.6. The summed E-state index contributed by atoms with van der Waals surface area (Å²) in [4.78, 5) is 0. The first kappa shape index (κ1) is 31.7. The van der Waals surface area contributed by atoms with Gasteiger partial charge in [-0.3, -0.25) is 0 Å². The standard InChI is InChI=1S/C54H35N3/c1-3-16-36(17-4-1)37-18-15-21-40(34-37)56-47-27-12-8-23-42(47)43-31-30-38(35-52(43)56)41-22-7-11-26-46(41)57-49-29-14-10-25-45(49)54-51(57)33-32-50-53(54)44-24-9-13-28-48(44)55(50)39-19-5-2-6-20-39/h1-35H. The van der Waals surface area contributed by atoms with Crippen LogP contribution in [-0.2, 0) is 0 Å². The van der Waals surface area contributed by atoms with Gasteiger partial charge in [0.15, 0.2) is 0 Å². The Balaban J connectivity index is 1.11. The third kappa shape index (κ3) is 4.73. The van der Waals surface area contributed by atoms with Crippen molar-refractivity contribution in [2.24, 2.45) is 0 Å². The second-order valence-electron chi connectivity index (χ2n) is 14.9. The van der Waals surface area contributed by atoms with Crippen LogP contribution in [0.1, 0.15) is 0 Å². The maximum absolute atomic E-state index is 2.48. The first-order chi connectivity index (χ1) is 28.3. The zero-order chi connectivity index (χ0) is 37.5. The van der Waals surface area contributed by atoms with Crippen LogP contribution in [0.4, 0.5) is 0 Å². The van der Waals surface area contributed by atoms with Crippen molar-refractivity contribution in [3.05, 3.63) is 212 Å². The van der Waals surface area contributed by atoms with Crippen LogP contribution in [0, 0.1) is 0 Å². The minimum Gasteiger partial charge on any atom is -0.309 e. The second kappa shape index (κ2) is 12.5. The van der Waals surface area contributed by atoms with Crippen molar-refractivity contribution >= 4 is 65.4 Å². The highest BCUT2D eigenvalue weighted by molar-refractivity contribution is 6.29. The molecule has 0 saturated carbocycles. The molecule has 3 heteroatoms. The largest absolute Gasteiger partial charge is 0.309 e. The number of hydrogen-bond acceptors (Lipinski definition) is 0. The molecule has 0 bridgehead atoms. The van der Waals surface area contributed by atoms with E-state index < -0.39 is 0 Å². The molecule has 0 aliphatic heterocycles. The average Bonchev–Trinajstić information content (AvgIpc) is 3.92. The first-order valence-electron chi connectivity index (χ1n) is 19.6. The predicted octanol–water partition coefficient (Wildman–Crippen LogP) is 14.3. The zero-order valence-electron chi connectivity index (χ0n) is 31.0. The minimum atomic E-state index is 1.15. The molecule has 0 aliphatic carbocycles. The van der Waals surface area contributed by atoms with Crippen LogP contribution in [-0.4, -0.2) is 13.7 Å². The van der Waals surface area contributed by atoms with Gasteiger partial charge in [0.2, 0.25) is 0 Å². The van der Waals surface area contributed by atoms with Gasteiger partial charge < -0.3 is 13.7 Å². The van der Waals surface area contributed by atoms with E-state index in [-0.39, 0.29) is 0 Å². The van der Waals surface area contributed by atoms with E-state index in [0.29, 0.717) is 0 Å². The molecule has 266 valence electrons. The highest BCUT2D eigenvalue weighted by Gasteiger charge is 2.22. The van der Waals surface area contributed by atoms with E-state index in [2.05, 4.69) is 226 Å². The Morgan fingerprint density at radius 1 is 0.246 bits per heavy atom. The molecular weight excluding hydrogens is 691 g/mol. The smallest absolute Gasteiger partial charge is 0.0549 e. The van der Waals surface area contributed by atoms with E-state index in [1.807, 2.05) is 0 Å². The molecule has 0 N–H and O–H groups in total. The number of fused-ring (bicyclic) bond motifs is 10. The highest BCUT2D eigenvalue weighted by Crippen LogP contribution is 2.44. The number of benzene rings is 9. The molecule has 57 heavy (non-hydrogen) atoms. The zero-order valence-corrected chi connectivity index (χ0v) is 31.0. The van der Waals surface area contributed by atoms with Gasteiger partial charge in [0, 0.05) is 49.3 Å². The third-order valence-electron chi connectivity index (χ3n) is 11.8. The van der Waals surface area contributed by atoms with E-state index in [0.717, 1.165) is 17.1 Å². The minimum absolute atomic E-state index is 1.15. The number of para-hydroxylation sites is 5. The molecule has 0 fully saturated rings. The summed E-state index contributed by atoms with van der Waals surface area (Å²) in [6.07, 6.45) is 0. The summed E-state index contributed by atoms with van der Waals surface area (Å²) in [6.45, 7) is 0. The molecule has 0 radical (unpaired) electrons.